The lowest BCUT2D eigenvalue weighted by molar-refractivity contribution is -0.349. The van der Waals surface area contributed by atoms with Gasteiger partial charge in [0.2, 0.25) is 0 Å². The number of para-hydroxylation sites is 2. The summed E-state index contributed by atoms with van der Waals surface area (Å²) in [7, 11) is 0. The van der Waals surface area contributed by atoms with E-state index in [1.807, 2.05) is 60.7 Å². The van der Waals surface area contributed by atoms with Gasteiger partial charge in [0.15, 0.2) is 0 Å². The number of phenolic OH excluding ortho intramolecular Hbond substituents is 1. The van der Waals surface area contributed by atoms with E-state index in [4.69, 9.17) is 4.74 Å². The molecule has 1 amide bonds. The number of hydrogen-bond donors (Lipinski definition) is 1. The Hall–Kier alpha value is -3.31. The fraction of sp³-hybridized carbons (Fsp3) is 0.486. The highest BCUT2D eigenvalue weighted by Gasteiger charge is 2.85. The van der Waals surface area contributed by atoms with Crippen molar-refractivity contribution in [3.05, 3.63) is 89.5 Å². The number of piperidine rings is 2. The Morgan fingerprint density at radius 2 is 1.83 bits per heavy atom. The van der Waals surface area contributed by atoms with Gasteiger partial charge in [0.25, 0.3) is 5.91 Å². The molecular weight excluding hydrogens is 520 g/mol. The minimum Gasteiger partial charge on any atom is -0.508 e. The largest absolute Gasteiger partial charge is 0.508 e. The predicted molar refractivity (Wildman–Crippen MR) is 162 cm³/mol. The van der Waals surface area contributed by atoms with E-state index in [1.54, 1.807) is 0 Å². The van der Waals surface area contributed by atoms with Crippen molar-refractivity contribution in [2.45, 2.75) is 62.9 Å². The molecule has 0 radical (unpaired) electrons. The van der Waals surface area contributed by atoms with E-state index in [-0.39, 0.29) is 17.4 Å². The van der Waals surface area contributed by atoms with Gasteiger partial charge < -0.3 is 14.7 Å². The lowest BCUT2D eigenvalue weighted by Gasteiger charge is -2.88. The van der Waals surface area contributed by atoms with E-state index in [1.165, 1.54) is 36.9 Å². The Balaban J connectivity index is 1.11. The van der Waals surface area contributed by atoms with Crippen LogP contribution in [0, 0.1) is 29.1 Å². The number of aromatic hydroxyl groups is 1. The number of carbonyl (C=O) groups is 1. The minimum absolute atomic E-state index is 0.0465. The first-order valence-corrected chi connectivity index (χ1v) is 16.2. The van der Waals surface area contributed by atoms with Crippen molar-refractivity contribution in [2.75, 3.05) is 19.6 Å². The maximum absolute atomic E-state index is 14.5. The Morgan fingerprint density at radius 1 is 1.02 bits per heavy atom. The number of benzene rings is 3. The molecule has 3 saturated carbocycles. The van der Waals surface area contributed by atoms with Crippen molar-refractivity contribution >= 4 is 5.91 Å². The van der Waals surface area contributed by atoms with Gasteiger partial charge in [-0.1, -0.05) is 43.3 Å². The van der Waals surface area contributed by atoms with Gasteiger partial charge in [-0.15, -0.1) is 0 Å². The summed E-state index contributed by atoms with van der Waals surface area (Å²) in [4.78, 5) is 19.6. The Morgan fingerprint density at radius 3 is 2.64 bits per heavy atom. The third-order valence-electron chi connectivity index (χ3n) is 12.5. The zero-order valence-corrected chi connectivity index (χ0v) is 24.4. The molecule has 5 fully saturated rings. The summed E-state index contributed by atoms with van der Waals surface area (Å²) in [6.45, 7) is 5.53. The van der Waals surface area contributed by atoms with Gasteiger partial charge in [-0.05, 0) is 116 Å². The Kier molecular flexibility index (Phi) is 5.32. The van der Waals surface area contributed by atoms with Crippen LogP contribution in [0.2, 0.25) is 0 Å². The van der Waals surface area contributed by atoms with Crippen LogP contribution in [-0.4, -0.2) is 52.5 Å². The van der Waals surface area contributed by atoms with Crippen LogP contribution in [0.3, 0.4) is 0 Å². The van der Waals surface area contributed by atoms with Crippen molar-refractivity contribution in [2.24, 2.45) is 29.1 Å². The lowest BCUT2D eigenvalue weighted by Crippen LogP contribution is -2.90. The second kappa shape index (κ2) is 8.86. The fourth-order valence-corrected chi connectivity index (χ4v) is 11.1. The van der Waals surface area contributed by atoms with Gasteiger partial charge in [0.05, 0.1) is 5.56 Å². The third kappa shape index (κ3) is 3.16. The van der Waals surface area contributed by atoms with Crippen molar-refractivity contribution in [3.63, 3.8) is 0 Å². The molecule has 2 aliphatic heterocycles. The molecule has 2 saturated heterocycles. The minimum atomic E-state index is 0.0465. The number of fused-ring (bicyclic) bond motifs is 1. The van der Waals surface area contributed by atoms with Crippen molar-refractivity contribution in [3.8, 4) is 17.2 Å². The number of rotatable bonds is 6. The van der Waals surface area contributed by atoms with E-state index in [9.17, 15) is 9.90 Å². The summed E-state index contributed by atoms with van der Waals surface area (Å²) in [6, 6.07) is 24.5. The maximum Gasteiger partial charge on any atom is 0.257 e. The molecule has 216 valence electrons. The average molecular weight is 561 g/mol. The molecule has 1 N–H and O–H groups in total. The number of ether oxygens (including phenoxy) is 1. The zero-order chi connectivity index (χ0) is 28.2. The molecule has 7 atom stereocenters. The molecule has 4 aliphatic carbocycles. The molecule has 5 nitrogen and oxygen atoms in total. The van der Waals surface area contributed by atoms with E-state index in [2.05, 4.69) is 28.9 Å². The first kappa shape index (κ1) is 25.2. The van der Waals surface area contributed by atoms with Gasteiger partial charge in [-0.25, -0.2) is 0 Å². The number of hydrogen-bond acceptors (Lipinski definition) is 4. The Bertz CT molecular complexity index is 1570. The molecule has 2 heterocycles. The molecule has 2 bridgehead atoms. The Labute approximate surface area is 248 Å². The molecule has 3 aromatic carbocycles. The van der Waals surface area contributed by atoms with Crippen LogP contribution in [0.1, 0.15) is 60.5 Å². The van der Waals surface area contributed by atoms with Gasteiger partial charge in [0, 0.05) is 36.0 Å². The molecule has 5 heteroatoms. The molecular formula is C37H40N2O3. The van der Waals surface area contributed by atoms with Crippen LogP contribution in [-0.2, 0) is 11.8 Å². The van der Waals surface area contributed by atoms with Gasteiger partial charge in [-0.2, -0.15) is 0 Å². The van der Waals surface area contributed by atoms with Gasteiger partial charge in [-0.3, -0.25) is 9.69 Å². The standard InChI is InChI=1S/C37H40N2O3/c1-2-30-34-33-25(22-39(30)35(41)28-10-6-7-11-31(28)42-27-8-4-3-5-9-27)20-37(33)32-18-24-14-15-26(40)19-29(24)36(34,37)16-17-38(32)21-23-12-13-23/h3-11,14-15,19,23,25,30,32-34,40H,2,12-13,16-18,20-22H2,1H3/t25-,30?,32?,33?,34?,36?,37?/m1/s1. The average Bonchev–Trinajstić information content (AvgIpc) is 3.81. The number of amides is 1. The third-order valence-corrected chi connectivity index (χ3v) is 12.5. The first-order valence-electron chi connectivity index (χ1n) is 16.2. The topological polar surface area (TPSA) is 53.0 Å². The quantitative estimate of drug-likeness (QED) is 0.367. The molecule has 1 spiro atoms. The second-order valence-electron chi connectivity index (χ2n) is 14.1. The van der Waals surface area contributed by atoms with E-state index < -0.39 is 0 Å². The molecule has 3 aromatic rings. The van der Waals surface area contributed by atoms with Crippen LogP contribution >= 0.6 is 0 Å². The van der Waals surface area contributed by atoms with Crippen LogP contribution in [0.4, 0.5) is 0 Å². The van der Waals surface area contributed by atoms with Crippen LogP contribution in [0.25, 0.3) is 0 Å². The first-order chi connectivity index (χ1) is 20.5. The zero-order valence-electron chi connectivity index (χ0n) is 24.4. The molecule has 42 heavy (non-hydrogen) atoms. The maximum atomic E-state index is 14.5. The summed E-state index contributed by atoms with van der Waals surface area (Å²) < 4.78 is 6.27. The summed E-state index contributed by atoms with van der Waals surface area (Å²) in [5, 5.41) is 10.8. The summed E-state index contributed by atoms with van der Waals surface area (Å²) in [6.07, 6.45) is 7.20. The van der Waals surface area contributed by atoms with Gasteiger partial charge in [0.1, 0.15) is 17.2 Å². The van der Waals surface area contributed by atoms with Crippen molar-refractivity contribution in [1.29, 1.82) is 0 Å². The van der Waals surface area contributed by atoms with Crippen molar-refractivity contribution in [1.82, 2.24) is 9.80 Å². The number of likely N-dealkylation sites (tertiary alicyclic amines) is 2. The number of carbonyl (C=O) groups excluding carboxylic acids is 1. The second-order valence-corrected chi connectivity index (χ2v) is 14.1. The van der Waals surface area contributed by atoms with E-state index >= 15 is 0 Å². The fourth-order valence-electron chi connectivity index (χ4n) is 11.1. The summed E-state index contributed by atoms with van der Waals surface area (Å²) in [5.74, 6) is 4.41. The number of nitrogens with zero attached hydrogens (tertiary/aromatic N) is 2. The normalized spacial score (nSPS) is 35.6. The molecule has 6 unspecified atom stereocenters. The molecule has 9 rings (SSSR count). The predicted octanol–water partition coefficient (Wildman–Crippen LogP) is 6.65. The van der Waals surface area contributed by atoms with Crippen LogP contribution < -0.4 is 4.74 Å². The molecule has 6 aliphatic rings. The highest BCUT2D eigenvalue weighted by Crippen LogP contribution is 2.84. The smallest absolute Gasteiger partial charge is 0.257 e. The summed E-state index contributed by atoms with van der Waals surface area (Å²) in [5.41, 5.74) is 3.84. The van der Waals surface area contributed by atoms with Crippen LogP contribution in [0.5, 0.6) is 17.2 Å². The summed E-state index contributed by atoms with van der Waals surface area (Å²) >= 11 is 0. The monoisotopic (exact) mass is 560 g/mol. The lowest BCUT2D eigenvalue weighted by atomic mass is 9.20. The molecule has 0 aromatic heterocycles. The SMILES string of the molecule is CCC1C2C3[C@@H](CN1C(=O)c1ccccc1Oc1ccccc1)CC31C3Cc4ccc(O)cc4C21CCN3CC1CC1. The van der Waals surface area contributed by atoms with E-state index in [0.717, 1.165) is 44.0 Å². The van der Waals surface area contributed by atoms with Crippen LogP contribution in [0.15, 0.2) is 72.8 Å². The van der Waals surface area contributed by atoms with E-state index in [0.29, 0.717) is 46.3 Å². The number of phenols is 1. The highest BCUT2D eigenvalue weighted by atomic mass is 16.5. The highest BCUT2D eigenvalue weighted by molar-refractivity contribution is 5.97. The van der Waals surface area contributed by atoms with Gasteiger partial charge >= 0.3 is 0 Å². The van der Waals surface area contributed by atoms with Crippen molar-refractivity contribution < 1.29 is 14.6 Å².